The molecular formula is C14H16ClNO4. The Kier molecular flexibility index (Phi) is 6.76. The van der Waals surface area contributed by atoms with E-state index in [1.807, 2.05) is 0 Å². The molecule has 1 aromatic rings. The maximum absolute atomic E-state index is 11.8. The number of benzene rings is 1. The van der Waals surface area contributed by atoms with Gasteiger partial charge in [0, 0.05) is 5.02 Å². The van der Waals surface area contributed by atoms with Gasteiger partial charge in [-0.15, -0.1) is 6.58 Å². The van der Waals surface area contributed by atoms with Gasteiger partial charge in [-0.25, -0.2) is 4.79 Å². The summed E-state index contributed by atoms with van der Waals surface area (Å²) in [4.78, 5) is 22.8. The lowest BCUT2D eigenvalue weighted by molar-refractivity contribution is -0.143. The number of hydrogen-bond acceptors (Lipinski definition) is 3. The number of rotatable bonds is 8. The average Bonchev–Trinajstić information content (AvgIpc) is 2.40. The lowest BCUT2D eigenvalue weighted by atomic mass is 10.1. The monoisotopic (exact) mass is 297 g/mol. The molecule has 0 heterocycles. The highest BCUT2D eigenvalue weighted by Crippen LogP contribution is 2.15. The van der Waals surface area contributed by atoms with Gasteiger partial charge in [0.05, 0.1) is 19.6 Å². The van der Waals surface area contributed by atoms with Crippen LogP contribution in [0.25, 0.3) is 0 Å². The summed E-state index contributed by atoms with van der Waals surface area (Å²) in [6.45, 7) is 3.57. The largest absolute Gasteiger partial charge is 0.480 e. The first-order chi connectivity index (χ1) is 9.54. The summed E-state index contributed by atoms with van der Waals surface area (Å²) in [7, 11) is 0. The van der Waals surface area contributed by atoms with Gasteiger partial charge >= 0.3 is 5.97 Å². The van der Waals surface area contributed by atoms with Crippen LogP contribution in [-0.2, 0) is 20.7 Å². The van der Waals surface area contributed by atoms with Crippen molar-refractivity contribution in [2.45, 2.75) is 12.5 Å². The van der Waals surface area contributed by atoms with Crippen LogP contribution in [0, 0.1) is 0 Å². The first kappa shape index (κ1) is 16.2. The molecule has 1 rings (SSSR count). The van der Waals surface area contributed by atoms with Crippen LogP contribution in [0.4, 0.5) is 0 Å². The molecule has 0 bridgehead atoms. The van der Waals surface area contributed by atoms with E-state index in [1.54, 1.807) is 24.3 Å². The summed E-state index contributed by atoms with van der Waals surface area (Å²) < 4.78 is 5.04. The number of carboxylic acid groups (broad SMARTS) is 1. The predicted octanol–water partition coefficient (Wildman–Crippen LogP) is 1.65. The van der Waals surface area contributed by atoms with E-state index in [1.165, 1.54) is 6.08 Å². The molecule has 5 nitrogen and oxygen atoms in total. The van der Waals surface area contributed by atoms with Crippen LogP contribution in [0.15, 0.2) is 36.9 Å². The topological polar surface area (TPSA) is 75.6 Å². The van der Waals surface area contributed by atoms with E-state index < -0.39 is 17.9 Å². The molecule has 0 saturated heterocycles. The lowest BCUT2D eigenvalue weighted by Gasteiger charge is -2.14. The van der Waals surface area contributed by atoms with E-state index in [0.717, 1.165) is 0 Å². The van der Waals surface area contributed by atoms with Crippen molar-refractivity contribution in [1.29, 1.82) is 0 Å². The zero-order chi connectivity index (χ0) is 15.0. The maximum atomic E-state index is 11.8. The van der Waals surface area contributed by atoms with Crippen LogP contribution >= 0.6 is 11.6 Å². The van der Waals surface area contributed by atoms with Gasteiger partial charge in [-0.3, -0.25) is 4.79 Å². The van der Waals surface area contributed by atoms with Crippen LogP contribution in [0.5, 0.6) is 0 Å². The van der Waals surface area contributed by atoms with Crippen LogP contribution in [0.1, 0.15) is 5.56 Å². The minimum Gasteiger partial charge on any atom is -0.480 e. The van der Waals surface area contributed by atoms with Crippen LogP contribution in [0.2, 0.25) is 5.02 Å². The molecule has 1 unspecified atom stereocenters. The van der Waals surface area contributed by atoms with Gasteiger partial charge in [-0.05, 0) is 11.6 Å². The van der Waals surface area contributed by atoms with E-state index in [2.05, 4.69) is 11.9 Å². The fourth-order valence-electron chi connectivity index (χ4n) is 1.50. The van der Waals surface area contributed by atoms with Crippen LogP contribution in [-0.4, -0.2) is 36.2 Å². The van der Waals surface area contributed by atoms with E-state index in [0.29, 0.717) is 10.6 Å². The third kappa shape index (κ3) is 5.42. The van der Waals surface area contributed by atoms with Crippen LogP contribution < -0.4 is 5.32 Å². The minimum absolute atomic E-state index is 0.0188. The summed E-state index contributed by atoms with van der Waals surface area (Å²) in [6.07, 6.45) is 1.52. The van der Waals surface area contributed by atoms with Gasteiger partial charge in [0.25, 0.3) is 0 Å². The van der Waals surface area contributed by atoms with Crippen LogP contribution in [0.3, 0.4) is 0 Å². The van der Waals surface area contributed by atoms with Gasteiger partial charge in [0.2, 0.25) is 5.91 Å². The molecule has 2 N–H and O–H groups in total. The third-order valence-corrected chi connectivity index (χ3v) is 2.83. The van der Waals surface area contributed by atoms with E-state index in [4.69, 9.17) is 21.4 Å². The van der Waals surface area contributed by atoms with Crippen molar-refractivity contribution in [3.05, 3.63) is 47.5 Å². The van der Waals surface area contributed by atoms with E-state index in [-0.39, 0.29) is 19.6 Å². The van der Waals surface area contributed by atoms with Crippen molar-refractivity contribution in [2.75, 3.05) is 13.2 Å². The SMILES string of the molecule is C=CCOCC(NC(=O)Cc1ccccc1Cl)C(=O)O. The Morgan fingerprint density at radius 1 is 1.45 bits per heavy atom. The summed E-state index contributed by atoms with van der Waals surface area (Å²) in [5.74, 6) is -1.57. The molecule has 0 aliphatic carbocycles. The Labute approximate surface area is 122 Å². The van der Waals surface area contributed by atoms with Crippen molar-refractivity contribution in [2.24, 2.45) is 0 Å². The Hall–Kier alpha value is -1.85. The van der Waals surface area contributed by atoms with Gasteiger partial charge in [0.15, 0.2) is 6.04 Å². The summed E-state index contributed by atoms with van der Waals surface area (Å²) >= 11 is 5.94. The zero-order valence-corrected chi connectivity index (χ0v) is 11.6. The number of nitrogens with one attached hydrogen (secondary N) is 1. The molecule has 1 aromatic carbocycles. The number of carbonyl (C=O) groups is 2. The number of ether oxygens (including phenoxy) is 1. The Balaban J connectivity index is 2.56. The second-order valence-corrected chi connectivity index (χ2v) is 4.46. The van der Waals surface area contributed by atoms with Gasteiger partial charge in [-0.1, -0.05) is 35.9 Å². The molecule has 0 aliphatic heterocycles. The highest BCUT2D eigenvalue weighted by molar-refractivity contribution is 6.31. The molecule has 0 saturated carbocycles. The Morgan fingerprint density at radius 3 is 2.75 bits per heavy atom. The molecule has 0 aromatic heterocycles. The molecule has 6 heteroatoms. The summed E-state index contributed by atoms with van der Waals surface area (Å²) in [6, 6.07) is 5.81. The zero-order valence-electron chi connectivity index (χ0n) is 10.8. The number of aliphatic carboxylic acids is 1. The molecule has 1 amide bonds. The third-order valence-electron chi connectivity index (χ3n) is 2.46. The smallest absolute Gasteiger partial charge is 0.328 e. The first-order valence-corrected chi connectivity index (χ1v) is 6.36. The molecule has 0 radical (unpaired) electrons. The number of amides is 1. The lowest BCUT2D eigenvalue weighted by Crippen LogP contribution is -2.44. The van der Waals surface area contributed by atoms with Gasteiger partial charge in [0.1, 0.15) is 0 Å². The van der Waals surface area contributed by atoms with Crippen molar-refractivity contribution >= 4 is 23.5 Å². The average molecular weight is 298 g/mol. The quantitative estimate of drug-likeness (QED) is 0.565. The molecular weight excluding hydrogens is 282 g/mol. The van der Waals surface area contributed by atoms with Gasteiger partial charge in [-0.2, -0.15) is 0 Å². The second-order valence-electron chi connectivity index (χ2n) is 4.05. The highest BCUT2D eigenvalue weighted by Gasteiger charge is 2.20. The van der Waals surface area contributed by atoms with E-state index >= 15 is 0 Å². The second kappa shape index (κ2) is 8.35. The Morgan fingerprint density at radius 2 is 2.15 bits per heavy atom. The minimum atomic E-state index is -1.15. The fourth-order valence-corrected chi connectivity index (χ4v) is 1.71. The van der Waals surface area contributed by atoms with Crippen molar-refractivity contribution in [3.8, 4) is 0 Å². The number of hydrogen-bond donors (Lipinski definition) is 2. The van der Waals surface area contributed by atoms with Crippen molar-refractivity contribution in [1.82, 2.24) is 5.32 Å². The number of halogens is 1. The Bertz CT molecular complexity index is 490. The van der Waals surface area contributed by atoms with Crippen molar-refractivity contribution < 1.29 is 19.4 Å². The molecule has 0 fully saturated rings. The molecule has 108 valence electrons. The fraction of sp³-hybridized carbons (Fsp3) is 0.286. The van der Waals surface area contributed by atoms with Crippen molar-refractivity contribution in [3.63, 3.8) is 0 Å². The molecule has 0 aliphatic rings. The molecule has 20 heavy (non-hydrogen) atoms. The summed E-state index contributed by atoms with van der Waals surface area (Å²) in [5, 5.41) is 11.9. The standard InChI is InChI=1S/C14H16ClNO4/c1-2-7-20-9-12(14(18)19)16-13(17)8-10-5-3-4-6-11(10)15/h2-6,12H,1,7-9H2,(H,16,17)(H,18,19). The molecule has 0 spiro atoms. The molecule has 1 atom stereocenters. The number of carbonyl (C=O) groups excluding carboxylic acids is 1. The van der Waals surface area contributed by atoms with Gasteiger partial charge < -0.3 is 15.2 Å². The van der Waals surface area contributed by atoms with E-state index in [9.17, 15) is 9.59 Å². The highest BCUT2D eigenvalue weighted by atomic mass is 35.5. The predicted molar refractivity (Wildman–Crippen MR) is 75.7 cm³/mol. The number of carboxylic acids is 1. The maximum Gasteiger partial charge on any atom is 0.328 e. The normalized spacial score (nSPS) is 11.7. The summed E-state index contributed by atoms with van der Waals surface area (Å²) in [5.41, 5.74) is 0.641. The first-order valence-electron chi connectivity index (χ1n) is 5.98.